The van der Waals surface area contributed by atoms with E-state index in [-0.39, 0.29) is 11.8 Å². The molecule has 14 heavy (non-hydrogen) atoms. The highest BCUT2D eigenvalue weighted by Crippen LogP contribution is 2.20. The molecule has 1 rings (SSSR count). The number of aromatic nitrogens is 1. The van der Waals surface area contributed by atoms with Crippen LogP contribution in [0.25, 0.3) is 0 Å². The van der Waals surface area contributed by atoms with Crippen molar-refractivity contribution in [3.8, 4) is 0 Å². The molecule has 0 N–H and O–H groups in total. The lowest BCUT2D eigenvalue weighted by Gasteiger charge is -2.23. The van der Waals surface area contributed by atoms with Crippen LogP contribution in [0.2, 0.25) is 0 Å². The van der Waals surface area contributed by atoms with Crippen LogP contribution in [0, 0.1) is 0 Å². The predicted molar refractivity (Wildman–Crippen MR) is 56.0 cm³/mol. The van der Waals surface area contributed by atoms with Gasteiger partial charge in [-0.1, -0.05) is 6.07 Å². The Morgan fingerprint density at radius 1 is 1.57 bits per heavy atom. The number of hydrogen-bond donors (Lipinski definition) is 0. The summed E-state index contributed by atoms with van der Waals surface area (Å²) in [4.78, 5) is 17.2. The van der Waals surface area contributed by atoms with Gasteiger partial charge in [-0.05, 0) is 32.6 Å². The molecule has 0 radical (unpaired) electrons. The monoisotopic (exact) mass is 192 g/mol. The fourth-order valence-electron chi connectivity index (χ4n) is 1.44. The van der Waals surface area contributed by atoms with E-state index in [4.69, 9.17) is 0 Å². The first kappa shape index (κ1) is 10.9. The number of nitrogens with zero attached hydrogens (tertiary/aromatic N) is 2. The lowest BCUT2D eigenvalue weighted by Crippen LogP contribution is -2.22. The zero-order valence-corrected chi connectivity index (χ0v) is 8.90. The average molecular weight is 192 g/mol. The van der Waals surface area contributed by atoms with Crippen molar-refractivity contribution in [2.45, 2.75) is 19.4 Å². The molecule has 0 aliphatic heterocycles. The molecule has 1 aromatic rings. The lowest BCUT2D eigenvalue weighted by molar-refractivity contribution is -0.118. The minimum absolute atomic E-state index is 0.140. The van der Waals surface area contributed by atoms with Crippen LogP contribution in [-0.4, -0.2) is 29.8 Å². The standard InChI is InChI=1S/C11H16N2O/c1-9(14)7-11(13(2)3)10-5-4-6-12-8-10/h4-6,8,11H,7H2,1-3H3. The zero-order chi connectivity index (χ0) is 10.6. The molecule has 0 aliphatic carbocycles. The first-order chi connectivity index (χ1) is 6.61. The molecule has 0 aromatic carbocycles. The Morgan fingerprint density at radius 3 is 2.71 bits per heavy atom. The number of pyridine rings is 1. The summed E-state index contributed by atoms with van der Waals surface area (Å²) in [6, 6.07) is 4.04. The van der Waals surface area contributed by atoms with E-state index in [9.17, 15) is 4.79 Å². The van der Waals surface area contributed by atoms with Crippen LogP contribution in [0.1, 0.15) is 24.9 Å². The van der Waals surface area contributed by atoms with Gasteiger partial charge in [0, 0.05) is 24.9 Å². The molecular weight excluding hydrogens is 176 g/mol. The second kappa shape index (κ2) is 4.86. The van der Waals surface area contributed by atoms with Gasteiger partial charge in [0.1, 0.15) is 5.78 Å². The largest absolute Gasteiger partial charge is 0.302 e. The van der Waals surface area contributed by atoms with Crippen molar-refractivity contribution in [3.05, 3.63) is 30.1 Å². The van der Waals surface area contributed by atoms with Gasteiger partial charge < -0.3 is 4.90 Å². The Labute approximate surface area is 84.8 Å². The van der Waals surface area contributed by atoms with Gasteiger partial charge in [-0.3, -0.25) is 9.78 Å². The summed E-state index contributed by atoms with van der Waals surface area (Å²) in [5.41, 5.74) is 1.09. The molecular formula is C11H16N2O. The van der Waals surface area contributed by atoms with Gasteiger partial charge in [-0.25, -0.2) is 0 Å². The van der Waals surface area contributed by atoms with Crippen molar-refractivity contribution in [1.82, 2.24) is 9.88 Å². The number of carbonyl (C=O) groups is 1. The number of rotatable bonds is 4. The third-order valence-corrected chi connectivity index (χ3v) is 2.17. The van der Waals surface area contributed by atoms with E-state index < -0.39 is 0 Å². The highest BCUT2D eigenvalue weighted by atomic mass is 16.1. The summed E-state index contributed by atoms with van der Waals surface area (Å²) in [7, 11) is 3.95. The molecule has 0 saturated carbocycles. The maximum absolute atomic E-state index is 11.1. The second-order valence-electron chi connectivity index (χ2n) is 3.67. The molecule has 0 spiro atoms. The first-order valence-electron chi connectivity index (χ1n) is 4.67. The van der Waals surface area contributed by atoms with Gasteiger partial charge in [0.2, 0.25) is 0 Å². The Kier molecular flexibility index (Phi) is 3.77. The number of ketones is 1. The highest BCUT2D eigenvalue weighted by molar-refractivity contribution is 5.76. The van der Waals surface area contributed by atoms with Crippen LogP contribution >= 0.6 is 0 Å². The van der Waals surface area contributed by atoms with Crippen molar-refractivity contribution < 1.29 is 4.79 Å². The first-order valence-corrected chi connectivity index (χ1v) is 4.67. The third kappa shape index (κ3) is 2.92. The zero-order valence-electron chi connectivity index (χ0n) is 8.90. The summed E-state index contributed by atoms with van der Waals surface area (Å²) in [5.74, 6) is 0.201. The van der Waals surface area contributed by atoms with Crippen molar-refractivity contribution in [1.29, 1.82) is 0 Å². The summed E-state index contributed by atoms with van der Waals surface area (Å²) in [6.45, 7) is 1.62. The van der Waals surface area contributed by atoms with Crippen molar-refractivity contribution in [3.63, 3.8) is 0 Å². The van der Waals surface area contributed by atoms with E-state index in [2.05, 4.69) is 4.98 Å². The van der Waals surface area contributed by atoms with Gasteiger partial charge in [0.15, 0.2) is 0 Å². The molecule has 3 nitrogen and oxygen atoms in total. The van der Waals surface area contributed by atoms with Crippen LogP contribution in [-0.2, 0) is 4.79 Å². The van der Waals surface area contributed by atoms with Gasteiger partial charge in [-0.2, -0.15) is 0 Å². The Bertz CT molecular complexity index is 295. The van der Waals surface area contributed by atoms with E-state index >= 15 is 0 Å². The fraction of sp³-hybridized carbons (Fsp3) is 0.455. The van der Waals surface area contributed by atoms with Gasteiger partial charge in [-0.15, -0.1) is 0 Å². The predicted octanol–water partition coefficient (Wildman–Crippen LogP) is 1.66. The van der Waals surface area contributed by atoms with Crippen molar-refractivity contribution in [2.24, 2.45) is 0 Å². The molecule has 0 amide bonds. The number of Topliss-reactive ketones (excluding diaryl/α,β-unsaturated/α-hetero) is 1. The molecule has 0 aliphatic rings. The molecule has 1 aromatic heterocycles. The normalized spacial score (nSPS) is 12.9. The smallest absolute Gasteiger partial charge is 0.131 e. The Morgan fingerprint density at radius 2 is 2.29 bits per heavy atom. The second-order valence-corrected chi connectivity index (χ2v) is 3.67. The number of carbonyl (C=O) groups excluding carboxylic acids is 1. The van der Waals surface area contributed by atoms with Crippen LogP contribution in [0.4, 0.5) is 0 Å². The van der Waals surface area contributed by atoms with Gasteiger partial charge in [0.25, 0.3) is 0 Å². The minimum Gasteiger partial charge on any atom is -0.302 e. The maximum Gasteiger partial charge on any atom is 0.131 e. The van der Waals surface area contributed by atoms with Gasteiger partial charge in [0.05, 0.1) is 0 Å². The van der Waals surface area contributed by atoms with Crippen molar-refractivity contribution in [2.75, 3.05) is 14.1 Å². The van der Waals surface area contributed by atoms with Crippen molar-refractivity contribution >= 4 is 5.78 Å². The van der Waals surface area contributed by atoms with Gasteiger partial charge >= 0.3 is 0 Å². The summed E-state index contributed by atoms with van der Waals surface area (Å²) >= 11 is 0. The van der Waals surface area contributed by atoms with E-state index in [1.807, 2.05) is 37.3 Å². The van der Waals surface area contributed by atoms with Crippen LogP contribution in [0.3, 0.4) is 0 Å². The summed E-state index contributed by atoms with van der Waals surface area (Å²) < 4.78 is 0. The maximum atomic E-state index is 11.1. The SMILES string of the molecule is CC(=O)CC(c1cccnc1)N(C)C. The lowest BCUT2D eigenvalue weighted by atomic mass is 10.0. The topological polar surface area (TPSA) is 33.2 Å². The Hall–Kier alpha value is -1.22. The molecule has 0 fully saturated rings. The quantitative estimate of drug-likeness (QED) is 0.727. The van der Waals surface area contributed by atoms with Crippen LogP contribution < -0.4 is 0 Å². The number of hydrogen-bond acceptors (Lipinski definition) is 3. The fourth-order valence-corrected chi connectivity index (χ4v) is 1.44. The van der Waals surface area contributed by atoms with E-state index in [0.717, 1.165) is 5.56 Å². The van der Waals surface area contributed by atoms with E-state index in [1.165, 1.54) is 0 Å². The molecule has 76 valence electrons. The summed E-state index contributed by atoms with van der Waals surface area (Å²) in [5, 5.41) is 0. The highest BCUT2D eigenvalue weighted by Gasteiger charge is 2.15. The molecule has 1 heterocycles. The van der Waals surface area contributed by atoms with Crippen LogP contribution in [0.5, 0.6) is 0 Å². The Balaban J connectivity index is 2.83. The average Bonchev–Trinajstić information content (AvgIpc) is 2.15. The molecule has 0 bridgehead atoms. The van der Waals surface area contributed by atoms with Crippen LogP contribution in [0.15, 0.2) is 24.5 Å². The molecule has 0 saturated heterocycles. The molecule has 1 unspecified atom stereocenters. The van der Waals surface area contributed by atoms with E-state index in [0.29, 0.717) is 6.42 Å². The molecule has 3 heteroatoms. The summed E-state index contributed by atoms with van der Waals surface area (Å²) in [6.07, 6.45) is 4.09. The van der Waals surface area contributed by atoms with E-state index in [1.54, 1.807) is 13.1 Å². The third-order valence-electron chi connectivity index (χ3n) is 2.17. The molecule has 1 atom stereocenters. The minimum atomic E-state index is 0.140.